The van der Waals surface area contributed by atoms with Crippen LogP contribution in [0.4, 0.5) is 0 Å². The molecule has 14 heteroatoms. The number of aromatic nitrogens is 2. The number of nitrogens with one attached hydrogen (secondary N) is 4. The normalized spacial score (nSPS) is 14.0. The summed E-state index contributed by atoms with van der Waals surface area (Å²) in [6.07, 6.45) is 7.84. The van der Waals surface area contributed by atoms with Crippen molar-refractivity contribution in [3.8, 4) is 11.5 Å². The molecule has 5 aromatic carbocycles. The number of aliphatic hydroxyl groups is 2. The smallest absolute Gasteiger partial charge is 0.328 e. The molecule has 0 spiro atoms. The van der Waals surface area contributed by atoms with E-state index in [-0.39, 0.29) is 16.9 Å². The predicted molar refractivity (Wildman–Crippen MR) is 285 cm³/mol. The van der Waals surface area contributed by atoms with Gasteiger partial charge in [0.1, 0.15) is 18.1 Å². The highest BCUT2D eigenvalue weighted by Crippen LogP contribution is 2.33. The van der Waals surface area contributed by atoms with Crippen molar-refractivity contribution < 1.29 is 39.9 Å². The molecule has 0 amide bonds. The van der Waals surface area contributed by atoms with Crippen molar-refractivity contribution >= 4 is 33.7 Å². The van der Waals surface area contributed by atoms with Crippen LogP contribution in [-0.2, 0) is 67.6 Å². The van der Waals surface area contributed by atoms with Crippen LogP contribution < -0.4 is 26.5 Å². The molecule has 382 valence electrons. The molecule has 0 bridgehead atoms. The molecule has 0 saturated carbocycles. The first kappa shape index (κ1) is 53.4. The average Bonchev–Trinajstić information content (AvgIpc) is 4.00. The summed E-state index contributed by atoms with van der Waals surface area (Å²) in [6.45, 7) is 10.1. The molecule has 2 atom stereocenters. The number of pyridine rings is 2. The van der Waals surface area contributed by atoms with Gasteiger partial charge in [-0.05, 0) is 137 Å². The number of H-pyrrole nitrogens is 2. The number of aromatic hydroxyl groups is 1. The summed E-state index contributed by atoms with van der Waals surface area (Å²) in [7, 11) is 0. The number of benzene rings is 5. The van der Waals surface area contributed by atoms with Crippen LogP contribution in [0, 0.1) is 0 Å². The Bertz CT molecular complexity index is 3140. The lowest BCUT2D eigenvalue weighted by molar-refractivity contribution is -0.134. The number of hydrogen-bond acceptors (Lipinski definition) is 10. The van der Waals surface area contributed by atoms with Gasteiger partial charge in [-0.1, -0.05) is 94.4 Å². The van der Waals surface area contributed by atoms with Crippen LogP contribution in [0.2, 0.25) is 0 Å². The van der Waals surface area contributed by atoms with Crippen LogP contribution in [0.25, 0.3) is 21.8 Å². The number of aryl methyl sites for hydroxylation is 4. The van der Waals surface area contributed by atoms with Crippen LogP contribution in [0.5, 0.6) is 11.5 Å². The standard InChI is InChI=1S/C31H34N2O3.C24H28N2O3.C4H4O4/c1-3-21-14-23-16-25(17-24(23)15-22(21)4-2)32-18-28(34)26-10-12-29(31-27(26)11-13-30(35)33-31)36-19-20-8-6-5-7-9-20;1-3-14-9-16-11-18(12-17(16)10-15(14)4-2)25-13-22(28)19-5-7-21(27)24-20(19)6-8-23(29)26-24;5-3(6)1-2-4(7)8/h5-15,25,28,32,34H,3-4,16-19H2,1-2H3,(H,33,35);5-10,18,22,25,27-28H,3-4,11-13H2,1-2H3,(H,26,29);1-2H,(H,5,6)(H,7,8)/t28-;22-;/m00./s1. The van der Waals surface area contributed by atoms with E-state index in [0.717, 1.165) is 67.9 Å². The molecule has 2 heterocycles. The molecular formula is C59H66N4O10. The summed E-state index contributed by atoms with van der Waals surface area (Å²) in [5, 5.41) is 56.1. The molecule has 0 saturated heterocycles. The van der Waals surface area contributed by atoms with Gasteiger partial charge in [-0.25, -0.2) is 9.59 Å². The van der Waals surface area contributed by atoms with Crippen molar-refractivity contribution in [1.82, 2.24) is 20.6 Å². The van der Waals surface area contributed by atoms with Gasteiger partial charge in [0, 0.05) is 60.2 Å². The highest BCUT2D eigenvalue weighted by Gasteiger charge is 2.26. The first-order chi connectivity index (χ1) is 35.2. The van der Waals surface area contributed by atoms with Crippen molar-refractivity contribution in [2.45, 2.75) is 110 Å². The van der Waals surface area contributed by atoms with Crippen molar-refractivity contribution in [3.05, 3.63) is 197 Å². The monoisotopic (exact) mass is 990 g/mol. The highest BCUT2D eigenvalue weighted by molar-refractivity contribution is 5.90. The molecule has 2 aliphatic rings. The molecule has 0 fully saturated rings. The second kappa shape index (κ2) is 24.9. The number of phenolic OH excluding ortho intramolecular Hbond substituents is 1. The maximum atomic E-state index is 12.1. The number of carboxylic acid groups (broad SMARTS) is 2. The second-order valence-corrected chi connectivity index (χ2v) is 18.6. The predicted octanol–water partition coefficient (Wildman–Crippen LogP) is 7.88. The molecule has 14 nitrogen and oxygen atoms in total. The first-order valence-corrected chi connectivity index (χ1v) is 25.1. The van der Waals surface area contributed by atoms with Gasteiger partial charge in [0.15, 0.2) is 0 Å². The van der Waals surface area contributed by atoms with E-state index < -0.39 is 24.1 Å². The Morgan fingerprint density at radius 2 is 1.00 bits per heavy atom. The Labute approximate surface area is 424 Å². The maximum Gasteiger partial charge on any atom is 0.328 e. The van der Waals surface area contributed by atoms with E-state index in [9.17, 15) is 34.5 Å². The van der Waals surface area contributed by atoms with Gasteiger partial charge in [0.2, 0.25) is 11.1 Å². The third kappa shape index (κ3) is 13.6. The molecule has 2 aliphatic carbocycles. The lowest BCUT2D eigenvalue weighted by Gasteiger charge is -2.19. The zero-order valence-corrected chi connectivity index (χ0v) is 41.8. The molecule has 7 aromatic rings. The number of carboxylic acids is 2. The average molecular weight is 991 g/mol. The molecule has 2 aromatic heterocycles. The van der Waals surface area contributed by atoms with E-state index in [2.05, 4.69) is 72.6 Å². The summed E-state index contributed by atoms with van der Waals surface area (Å²) < 4.78 is 6.04. The van der Waals surface area contributed by atoms with E-state index in [4.69, 9.17) is 14.9 Å². The Morgan fingerprint density at radius 1 is 0.589 bits per heavy atom. The van der Waals surface area contributed by atoms with Gasteiger partial charge in [0.05, 0.1) is 23.2 Å². The zero-order valence-electron chi connectivity index (χ0n) is 41.8. The minimum absolute atomic E-state index is 0.00584. The Hall–Kier alpha value is -7.36. The Balaban J connectivity index is 0.000000189. The third-order valence-corrected chi connectivity index (χ3v) is 13.8. The van der Waals surface area contributed by atoms with Crippen molar-refractivity contribution in [1.29, 1.82) is 0 Å². The minimum atomic E-state index is -1.26. The van der Waals surface area contributed by atoms with Gasteiger partial charge < -0.3 is 50.9 Å². The van der Waals surface area contributed by atoms with Crippen LogP contribution in [0.3, 0.4) is 0 Å². The number of aliphatic hydroxyl groups excluding tert-OH is 2. The summed E-state index contributed by atoms with van der Waals surface area (Å²) in [6, 6.07) is 33.3. The number of aliphatic carboxylic acids is 2. The van der Waals surface area contributed by atoms with E-state index in [0.29, 0.717) is 71.7 Å². The largest absolute Gasteiger partial charge is 0.506 e. The van der Waals surface area contributed by atoms with Gasteiger partial charge in [-0.3, -0.25) is 9.59 Å². The summed E-state index contributed by atoms with van der Waals surface area (Å²) in [4.78, 5) is 48.3. The molecular weight excluding hydrogens is 925 g/mol. The van der Waals surface area contributed by atoms with Crippen LogP contribution in [-0.4, -0.2) is 72.6 Å². The van der Waals surface area contributed by atoms with Gasteiger partial charge >= 0.3 is 11.9 Å². The van der Waals surface area contributed by atoms with Crippen LogP contribution in [0.15, 0.2) is 125 Å². The lowest BCUT2D eigenvalue weighted by atomic mass is 9.97. The van der Waals surface area contributed by atoms with E-state index in [1.165, 1.54) is 62.7 Å². The molecule has 73 heavy (non-hydrogen) atoms. The maximum absolute atomic E-state index is 12.1. The first-order valence-electron chi connectivity index (χ1n) is 25.1. The Morgan fingerprint density at radius 3 is 1.42 bits per heavy atom. The van der Waals surface area contributed by atoms with E-state index in [1.807, 2.05) is 42.5 Å². The SMILES string of the molecule is CCc1cc2c(cc1CC)CC(NC[C@H](O)c1ccc(O)c3[nH]c(=O)ccc13)C2.CCc1cc2c(cc1CC)CC(NC[C@H](O)c1ccc(OCc3ccccc3)c3[nH]c(=O)ccc13)C2.O=C(O)C=CC(=O)O. The van der Waals surface area contributed by atoms with E-state index >= 15 is 0 Å². The molecule has 9 N–H and O–H groups in total. The highest BCUT2D eigenvalue weighted by atomic mass is 16.5. The topological polar surface area (TPSA) is 234 Å². The quantitative estimate of drug-likeness (QED) is 0.0397. The molecule has 0 aliphatic heterocycles. The minimum Gasteiger partial charge on any atom is -0.506 e. The number of rotatable bonds is 17. The van der Waals surface area contributed by atoms with Gasteiger partial charge in [-0.2, -0.15) is 0 Å². The fourth-order valence-corrected chi connectivity index (χ4v) is 10.0. The number of phenols is 1. The van der Waals surface area contributed by atoms with E-state index in [1.54, 1.807) is 18.2 Å². The molecule has 0 unspecified atom stereocenters. The number of hydrogen-bond donors (Lipinski definition) is 9. The van der Waals surface area contributed by atoms with Crippen LogP contribution in [0.1, 0.15) is 101 Å². The lowest BCUT2D eigenvalue weighted by Crippen LogP contribution is -2.33. The zero-order chi connectivity index (χ0) is 52.2. The summed E-state index contributed by atoms with van der Waals surface area (Å²) in [5.41, 5.74) is 14.5. The number of ether oxygens (including phenoxy) is 1. The molecule has 0 radical (unpaired) electrons. The Kier molecular flexibility index (Phi) is 18.2. The number of aromatic amines is 2. The second-order valence-electron chi connectivity index (χ2n) is 18.6. The van der Waals surface area contributed by atoms with Gasteiger partial charge in [-0.15, -0.1) is 0 Å². The van der Waals surface area contributed by atoms with Crippen molar-refractivity contribution in [3.63, 3.8) is 0 Å². The van der Waals surface area contributed by atoms with Crippen molar-refractivity contribution in [2.75, 3.05) is 13.1 Å². The van der Waals surface area contributed by atoms with Crippen molar-refractivity contribution in [2.24, 2.45) is 0 Å². The number of carbonyl (C=O) groups is 2. The third-order valence-electron chi connectivity index (χ3n) is 13.8. The molecule has 9 rings (SSSR count). The fraction of sp³-hybridized carbons (Fsp3) is 0.322. The number of fused-ring (bicyclic) bond motifs is 4. The van der Waals surface area contributed by atoms with Crippen LogP contribution >= 0.6 is 0 Å². The fourth-order valence-electron chi connectivity index (χ4n) is 10.0. The summed E-state index contributed by atoms with van der Waals surface area (Å²) in [5.74, 6) is -1.91. The summed E-state index contributed by atoms with van der Waals surface area (Å²) >= 11 is 0. The van der Waals surface area contributed by atoms with Gasteiger partial charge in [0.25, 0.3) is 0 Å².